The van der Waals surface area contributed by atoms with Gasteiger partial charge in [0.1, 0.15) is 5.75 Å². The summed E-state index contributed by atoms with van der Waals surface area (Å²) in [7, 11) is 1.41. The monoisotopic (exact) mass is 394 g/mol. The van der Waals surface area contributed by atoms with Crippen LogP contribution < -0.4 is 14.2 Å². The topological polar surface area (TPSA) is 82.1 Å². The Morgan fingerprint density at radius 2 is 1.75 bits per heavy atom. The quantitative estimate of drug-likeness (QED) is 0.479. The number of hydrogen-bond acceptors (Lipinski definition) is 6. The third kappa shape index (κ3) is 3.83. The van der Waals surface area contributed by atoms with E-state index in [1.807, 2.05) is 22.6 Å². The summed E-state index contributed by atoms with van der Waals surface area (Å²) in [6.07, 6.45) is -0.917. The van der Waals surface area contributed by atoms with Gasteiger partial charge in [0.25, 0.3) is 0 Å². The normalized spacial score (nSPS) is 11.7. The second-order valence-electron chi connectivity index (χ2n) is 4.00. The van der Waals surface area contributed by atoms with Crippen molar-refractivity contribution < 1.29 is 28.9 Å². The molecule has 1 unspecified atom stereocenters. The van der Waals surface area contributed by atoms with Crippen LogP contribution in [0.15, 0.2) is 6.07 Å². The van der Waals surface area contributed by atoms with E-state index in [1.54, 1.807) is 0 Å². The summed E-state index contributed by atoms with van der Waals surface area (Å²) >= 11 is 1.88. The first kappa shape index (κ1) is 16.7. The number of carbonyl (C=O) groups is 2. The van der Waals surface area contributed by atoms with Gasteiger partial charge < -0.3 is 19.3 Å². The van der Waals surface area contributed by atoms with E-state index in [1.165, 1.54) is 33.9 Å². The number of hydrogen-bond donors (Lipinski definition) is 1. The summed E-state index contributed by atoms with van der Waals surface area (Å²) in [6, 6.07) is 1.47. The minimum Gasteiger partial charge on any atom is -0.496 e. The zero-order valence-electron chi connectivity index (χ0n) is 11.5. The number of aliphatic hydroxyl groups is 1. The molecule has 0 bridgehead atoms. The summed E-state index contributed by atoms with van der Waals surface area (Å²) < 4.78 is 15.7. The SMILES string of the molecule is COc1cc(OC(C)=O)c(I)c(OC(C)=O)c1C(C)O. The van der Waals surface area contributed by atoms with Crippen LogP contribution in [0.4, 0.5) is 0 Å². The Balaban J connectivity index is 3.54. The number of rotatable bonds is 4. The van der Waals surface area contributed by atoms with Crippen molar-refractivity contribution >= 4 is 34.5 Å². The van der Waals surface area contributed by atoms with Crippen LogP contribution in [-0.4, -0.2) is 24.2 Å². The Bertz CT molecular complexity index is 538. The number of carbonyl (C=O) groups excluding carboxylic acids is 2. The average Bonchev–Trinajstić information content (AvgIpc) is 2.32. The number of methoxy groups -OCH3 is 1. The van der Waals surface area contributed by atoms with Gasteiger partial charge in [-0.05, 0) is 29.5 Å². The fraction of sp³-hybridized carbons (Fsp3) is 0.385. The minimum absolute atomic E-state index is 0.128. The molecule has 0 aliphatic rings. The molecule has 1 rings (SSSR count). The zero-order chi connectivity index (χ0) is 15.4. The Morgan fingerprint density at radius 1 is 1.20 bits per heavy atom. The Morgan fingerprint density at radius 3 is 2.15 bits per heavy atom. The molecule has 0 heterocycles. The predicted molar refractivity (Wildman–Crippen MR) is 79.0 cm³/mol. The molecule has 1 N–H and O–H groups in total. The van der Waals surface area contributed by atoms with Crippen molar-refractivity contribution in [3.05, 3.63) is 15.2 Å². The fourth-order valence-electron chi connectivity index (χ4n) is 1.64. The van der Waals surface area contributed by atoms with E-state index in [2.05, 4.69) is 0 Å². The number of benzene rings is 1. The molecule has 0 fully saturated rings. The minimum atomic E-state index is -0.917. The Kier molecular flexibility index (Phi) is 5.75. The van der Waals surface area contributed by atoms with Crippen LogP contribution in [0.1, 0.15) is 32.4 Å². The summed E-state index contributed by atoms with van der Waals surface area (Å²) in [5, 5.41) is 9.84. The highest BCUT2D eigenvalue weighted by atomic mass is 127. The molecule has 0 aliphatic carbocycles. The molecule has 1 aromatic carbocycles. The number of aliphatic hydroxyl groups excluding tert-OH is 1. The molecule has 1 atom stereocenters. The summed E-state index contributed by atoms with van der Waals surface area (Å²) in [4.78, 5) is 22.3. The summed E-state index contributed by atoms with van der Waals surface area (Å²) in [5.41, 5.74) is 0.322. The van der Waals surface area contributed by atoms with Crippen molar-refractivity contribution in [2.45, 2.75) is 26.9 Å². The first-order valence-electron chi connectivity index (χ1n) is 5.73. The molecule has 0 aromatic heterocycles. The van der Waals surface area contributed by atoms with Crippen molar-refractivity contribution in [1.29, 1.82) is 0 Å². The molecule has 0 spiro atoms. The lowest BCUT2D eigenvalue weighted by molar-refractivity contribution is -0.132. The van der Waals surface area contributed by atoms with Crippen molar-refractivity contribution in [2.24, 2.45) is 0 Å². The molecule has 0 saturated heterocycles. The highest BCUT2D eigenvalue weighted by molar-refractivity contribution is 14.1. The van der Waals surface area contributed by atoms with E-state index < -0.39 is 18.0 Å². The third-order valence-electron chi connectivity index (χ3n) is 2.33. The van der Waals surface area contributed by atoms with Gasteiger partial charge in [-0.3, -0.25) is 9.59 Å². The van der Waals surface area contributed by atoms with Crippen LogP contribution in [-0.2, 0) is 9.59 Å². The molecule has 1 aromatic rings. The molecule has 7 heteroatoms. The Hall–Kier alpha value is -1.35. The second kappa shape index (κ2) is 6.89. The van der Waals surface area contributed by atoms with Crippen molar-refractivity contribution in [1.82, 2.24) is 0 Å². The van der Waals surface area contributed by atoms with Gasteiger partial charge in [-0.1, -0.05) is 0 Å². The van der Waals surface area contributed by atoms with E-state index in [4.69, 9.17) is 14.2 Å². The van der Waals surface area contributed by atoms with Gasteiger partial charge in [0, 0.05) is 19.9 Å². The van der Waals surface area contributed by atoms with Gasteiger partial charge in [-0.15, -0.1) is 0 Å². The maximum Gasteiger partial charge on any atom is 0.308 e. The Labute approximate surface area is 130 Å². The predicted octanol–water partition coefficient (Wildman–Crippen LogP) is 2.20. The third-order valence-corrected chi connectivity index (χ3v) is 3.35. The maximum absolute atomic E-state index is 11.2. The van der Waals surface area contributed by atoms with Gasteiger partial charge in [0.2, 0.25) is 0 Å². The van der Waals surface area contributed by atoms with Gasteiger partial charge in [-0.2, -0.15) is 0 Å². The summed E-state index contributed by atoms with van der Waals surface area (Å²) in [5.74, 6) is -0.456. The van der Waals surface area contributed by atoms with Crippen LogP contribution in [0.25, 0.3) is 0 Å². The van der Waals surface area contributed by atoms with E-state index in [0.717, 1.165) is 0 Å². The van der Waals surface area contributed by atoms with E-state index in [9.17, 15) is 14.7 Å². The van der Waals surface area contributed by atoms with Crippen LogP contribution in [0.5, 0.6) is 17.2 Å². The molecule has 0 radical (unpaired) electrons. The van der Waals surface area contributed by atoms with Crippen molar-refractivity contribution in [2.75, 3.05) is 7.11 Å². The van der Waals surface area contributed by atoms with Crippen molar-refractivity contribution in [3.63, 3.8) is 0 Å². The van der Waals surface area contributed by atoms with Gasteiger partial charge in [0.15, 0.2) is 11.5 Å². The lowest BCUT2D eigenvalue weighted by atomic mass is 10.1. The maximum atomic E-state index is 11.2. The average molecular weight is 394 g/mol. The van der Waals surface area contributed by atoms with E-state index in [-0.39, 0.29) is 17.2 Å². The number of esters is 2. The largest absolute Gasteiger partial charge is 0.496 e. The first-order valence-corrected chi connectivity index (χ1v) is 6.81. The molecular formula is C13H15IO6. The van der Waals surface area contributed by atoms with Crippen LogP contribution in [0.2, 0.25) is 0 Å². The first-order chi connectivity index (χ1) is 9.27. The lowest BCUT2D eigenvalue weighted by Crippen LogP contribution is -2.11. The summed E-state index contributed by atoms with van der Waals surface area (Å²) in [6.45, 7) is 4.02. The fourth-order valence-corrected chi connectivity index (χ4v) is 2.31. The number of halogens is 1. The van der Waals surface area contributed by atoms with Crippen LogP contribution in [0.3, 0.4) is 0 Å². The van der Waals surface area contributed by atoms with E-state index in [0.29, 0.717) is 9.13 Å². The molecule has 20 heavy (non-hydrogen) atoms. The van der Waals surface area contributed by atoms with Crippen LogP contribution >= 0.6 is 22.6 Å². The second-order valence-corrected chi connectivity index (χ2v) is 5.08. The highest BCUT2D eigenvalue weighted by Gasteiger charge is 2.24. The van der Waals surface area contributed by atoms with Gasteiger partial charge in [-0.25, -0.2) is 0 Å². The number of ether oxygens (including phenoxy) is 3. The van der Waals surface area contributed by atoms with Gasteiger partial charge >= 0.3 is 11.9 Å². The lowest BCUT2D eigenvalue weighted by Gasteiger charge is -2.19. The standard InChI is InChI=1S/C13H15IO6/c1-6(15)11-9(18-4)5-10(19-7(2)16)12(14)13(11)20-8(3)17/h5-6,15H,1-4H3. The molecule has 0 saturated carbocycles. The molecular weight excluding hydrogens is 379 g/mol. The molecule has 0 aliphatic heterocycles. The zero-order valence-corrected chi connectivity index (χ0v) is 13.7. The van der Waals surface area contributed by atoms with Gasteiger partial charge in [0.05, 0.1) is 22.3 Å². The molecule has 110 valence electrons. The highest BCUT2D eigenvalue weighted by Crippen LogP contribution is 2.43. The van der Waals surface area contributed by atoms with Crippen molar-refractivity contribution in [3.8, 4) is 17.2 Å². The molecule has 6 nitrogen and oxygen atoms in total. The van der Waals surface area contributed by atoms with E-state index >= 15 is 0 Å². The smallest absolute Gasteiger partial charge is 0.308 e. The molecule has 0 amide bonds. The van der Waals surface area contributed by atoms with Crippen LogP contribution in [0, 0.1) is 3.57 Å².